The van der Waals surface area contributed by atoms with E-state index in [0.717, 1.165) is 9.80 Å². The van der Waals surface area contributed by atoms with Crippen molar-refractivity contribution in [3.8, 4) is 17.2 Å². The highest BCUT2D eigenvalue weighted by atomic mass is 35.5. The number of hydrogen-bond acceptors (Lipinski definition) is 8. The normalized spacial score (nSPS) is 26.5. The number of methoxy groups -OCH3 is 2. The lowest BCUT2D eigenvalue weighted by Crippen LogP contribution is -2.53. The van der Waals surface area contributed by atoms with E-state index in [1.54, 1.807) is 48.5 Å². The Hall–Kier alpha value is -4.67. The molecule has 1 saturated carbocycles. The number of esters is 1. The van der Waals surface area contributed by atoms with Gasteiger partial charge in [-0.2, -0.15) is 0 Å². The minimum atomic E-state index is -1.11. The molecule has 6 atom stereocenters. The van der Waals surface area contributed by atoms with E-state index >= 15 is 0 Å². The van der Waals surface area contributed by atoms with E-state index in [4.69, 9.17) is 37.4 Å². The van der Waals surface area contributed by atoms with E-state index in [-0.39, 0.29) is 16.3 Å². The minimum absolute atomic E-state index is 0.0314. The first kappa shape index (κ1) is 29.1. The van der Waals surface area contributed by atoms with Crippen molar-refractivity contribution in [1.82, 2.24) is 0 Å². The maximum atomic E-state index is 14.1. The molecule has 3 aliphatic carbocycles. The number of ether oxygens (including phenoxy) is 3. The molecule has 10 nitrogen and oxygen atoms in total. The lowest BCUT2D eigenvalue weighted by molar-refractivity contribution is -0.142. The third-order valence-electron chi connectivity index (χ3n) is 9.12. The number of hydrogen-bond donors (Lipinski definition) is 0. The SMILES string of the molecule is COc1ccc(N2C(=O)[C@@H]3C4C(C(=O)Oc5ccc(Cl)cc5Cl)=CC([C@H]3C2=O)[C@@H]2C(=O)N(c3ccc(OC)cc3)C(=O)[C@H]42)cc1. The van der Waals surface area contributed by atoms with Crippen LogP contribution >= 0.6 is 23.2 Å². The number of halogens is 2. The van der Waals surface area contributed by atoms with Gasteiger partial charge < -0.3 is 14.2 Å². The van der Waals surface area contributed by atoms with Gasteiger partial charge in [0.25, 0.3) is 0 Å². The number of amides is 4. The van der Waals surface area contributed by atoms with Crippen LogP contribution in [0.2, 0.25) is 10.0 Å². The summed E-state index contributed by atoms with van der Waals surface area (Å²) < 4.78 is 16.1. The second-order valence-corrected chi connectivity index (χ2v) is 12.1. The highest BCUT2D eigenvalue weighted by Crippen LogP contribution is 2.61. The topological polar surface area (TPSA) is 120 Å². The van der Waals surface area contributed by atoms with Gasteiger partial charge in [0, 0.05) is 22.4 Å². The number of nitrogens with zero attached hydrogens (tertiary/aromatic N) is 2. The van der Waals surface area contributed by atoms with Gasteiger partial charge in [0.1, 0.15) is 17.2 Å². The molecule has 8 rings (SSSR count). The van der Waals surface area contributed by atoms with E-state index in [1.807, 2.05) is 0 Å². The van der Waals surface area contributed by atoms with Crippen molar-refractivity contribution in [3.63, 3.8) is 0 Å². The van der Waals surface area contributed by atoms with Crippen LogP contribution in [-0.2, 0) is 24.0 Å². The Kier molecular flexibility index (Phi) is 6.94. The molecule has 0 radical (unpaired) electrons. The summed E-state index contributed by atoms with van der Waals surface area (Å²) in [5.74, 6) is -7.98. The smallest absolute Gasteiger partial charge is 0.339 e. The number of rotatable bonds is 6. The molecule has 5 aliphatic rings. The van der Waals surface area contributed by atoms with Gasteiger partial charge in [-0.25, -0.2) is 4.79 Å². The first-order chi connectivity index (χ1) is 21.6. The van der Waals surface area contributed by atoms with Crippen molar-refractivity contribution < 1.29 is 38.2 Å². The van der Waals surface area contributed by atoms with Crippen LogP contribution in [0.15, 0.2) is 78.4 Å². The van der Waals surface area contributed by atoms with Gasteiger partial charge in [-0.3, -0.25) is 29.0 Å². The second-order valence-electron chi connectivity index (χ2n) is 11.2. The predicted molar refractivity (Wildman–Crippen MR) is 162 cm³/mol. The van der Waals surface area contributed by atoms with Crippen molar-refractivity contribution in [2.75, 3.05) is 24.0 Å². The van der Waals surface area contributed by atoms with Crippen LogP contribution in [-0.4, -0.2) is 43.8 Å². The van der Waals surface area contributed by atoms with Gasteiger partial charge in [-0.05, 0) is 66.7 Å². The van der Waals surface area contributed by atoms with Crippen LogP contribution in [0.1, 0.15) is 0 Å². The van der Waals surface area contributed by atoms with Gasteiger partial charge in [0.05, 0.1) is 54.3 Å². The standard InChI is InChI=1S/C33H24Cl2N2O8/c1-43-18-8-4-16(5-9-18)36-29(38)25-20-14-21(33(42)45-23-12-3-15(34)13-22(23)35)24(27(25)31(36)40)28-26(20)30(39)37(32(28)41)17-6-10-19(44-2)11-7-17/h3-14,20,24-28H,1-2H3/t20?,24?,25-,26+,27-,28-/m1/s1. The fourth-order valence-corrected chi connectivity index (χ4v) is 7.69. The third kappa shape index (κ3) is 4.34. The Morgan fingerprint density at radius 1 is 0.644 bits per heavy atom. The molecular weight excluding hydrogens is 623 g/mol. The molecule has 0 N–H and O–H groups in total. The fourth-order valence-electron chi connectivity index (χ4n) is 7.24. The summed E-state index contributed by atoms with van der Waals surface area (Å²) in [6.45, 7) is 0. The van der Waals surface area contributed by atoms with Crippen molar-refractivity contribution >= 4 is 64.2 Å². The lowest BCUT2D eigenvalue weighted by atomic mass is 9.52. The largest absolute Gasteiger partial charge is 0.497 e. The molecule has 2 bridgehead atoms. The molecule has 0 spiro atoms. The van der Waals surface area contributed by atoms with Crippen molar-refractivity contribution in [2.45, 2.75) is 0 Å². The zero-order valence-electron chi connectivity index (χ0n) is 23.8. The summed E-state index contributed by atoms with van der Waals surface area (Å²) in [6.07, 6.45) is 1.53. The van der Waals surface area contributed by atoms with E-state index in [9.17, 15) is 24.0 Å². The molecule has 4 amide bonds. The summed E-state index contributed by atoms with van der Waals surface area (Å²) in [7, 11) is 3.00. The zero-order valence-corrected chi connectivity index (χ0v) is 25.3. The molecule has 45 heavy (non-hydrogen) atoms. The van der Waals surface area contributed by atoms with Gasteiger partial charge >= 0.3 is 5.97 Å². The molecule has 2 aliphatic heterocycles. The lowest BCUT2D eigenvalue weighted by Gasteiger charge is -2.46. The van der Waals surface area contributed by atoms with Gasteiger partial charge in [-0.1, -0.05) is 29.3 Å². The number of carbonyl (C=O) groups is 5. The van der Waals surface area contributed by atoms with Crippen LogP contribution in [0, 0.1) is 35.5 Å². The quantitative estimate of drug-likeness (QED) is 0.215. The fraction of sp³-hybridized carbons (Fsp3) is 0.242. The average molecular weight is 647 g/mol. The van der Waals surface area contributed by atoms with E-state index in [0.29, 0.717) is 27.9 Å². The van der Waals surface area contributed by atoms with Gasteiger partial charge in [0.15, 0.2) is 0 Å². The van der Waals surface area contributed by atoms with Crippen LogP contribution in [0.4, 0.5) is 11.4 Å². The minimum Gasteiger partial charge on any atom is -0.497 e. The van der Waals surface area contributed by atoms with Crippen molar-refractivity contribution in [3.05, 3.63) is 88.4 Å². The summed E-state index contributed by atoms with van der Waals surface area (Å²) in [6, 6.07) is 17.2. The molecule has 2 unspecified atom stereocenters. The van der Waals surface area contributed by atoms with E-state index in [1.165, 1.54) is 38.5 Å². The van der Waals surface area contributed by atoms with Crippen molar-refractivity contribution in [2.24, 2.45) is 35.5 Å². The van der Waals surface area contributed by atoms with Gasteiger partial charge in [-0.15, -0.1) is 0 Å². The number of imide groups is 2. The molecular formula is C33H24Cl2N2O8. The zero-order chi connectivity index (χ0) is 31.7. The van der Waals surface area contributed by atoms with Gasteiger partial charge in [0.2, 0.25) is 23.6 Å². The maximum Gasteiger partial charge on any atom is 0.339 e. The Balaban J connectivity index is 1.31. The first-order valence-corrected chi connectivity index (χ1v) is 14.8. The van der Waals surface area contributed by atoms with E-state index < -0.39 is 65.1 Å². The monoisotopic (exact) mass is 646 g/mol. The number of benzene rings is 3. The number of anilines is 2. The van der Waals surface area contributed by atoms with Crippen LogP contribution in [0.3, 0.4) is 0 Å². The summed E-state index contributed by atoms with van der Waals surface area (Å²) in [5, 5.41) is 0.424. The molecule has 2 heterocycles. The van der Waals surface area contributed by atoms with Crippen LogP contribution < -0.4 is 24.0 Å². The Bertz CT molecular complexity index is 1730. The summed E-state index contributed by atoms with van der Waals surface area (Å²) in [5.41, 5.74) is 0.683. The highest BCUT2D eigenvalue weighted by Gasteiger charge is 2.71. The number of carbonyl (C=O) groups excluding carboxylic acids is 5. The molecule has 3 aromatic rings. The Labute approximate surface area is 267 Å². The molecule has 3 aromatic carbocycles. The molecule has 228 valence electrons. The van der Waals surface area contributed by atoms with Crippen molar-refractivity contribution in [1.29, 1.82) is 0 Å². The Morgan fingerprint density at radius 2 is 1.11 bits per heavy atom. The third-order valence-corrected chi connectivity index (χ3v) is 9.65. The summed E-state index contributed by atoms with van der Waals surface area (Å²) in [4.78, 5) is 72.2. The predicted octanol–water partition coefficient (Wildman–Crippen LogP) is 4.71. The highest BCUT2D eigenvalue weighted by molar-refractivity contribution is 6.35. The molecule has 3 fully saturated rings. The van der Waals surface area contributed by atoms with Crippen LogP contribution in [0.25, 0.3) is 0 Å². The van der Waals surface area contributed by atoms with Crippen LogP contribution in [0.5, 0.6) is 17.2 Å². The van der Waals surface area contributed by atoms with E-state index in [2.05, 4.69) is 0 Å². The maximum absolute atomic E-state index is 14.1. The second kappa shape index (κ2) is 10.7. The first-order valence-electron chi connectivity index (χ1n) is 14.1. The number of allylic oxidation sites excluding steroid dienone is 1. The summed E-state index contributed by atoms with van der Waals surface area (Å²) >= 11 is 12.3. The molecule has 2 saturated heterocycles. The average Bonchev–Trinajstić information content (AvgIpc) is 3.48. The Morgan fingerprint density at radius 3 is 1.56 bits per heavy atom. The molecule has 0 aromatic heterocycles. The molecule has 12 heteroatoms.